The predicted octanol–water partition coefficient (Wildman–Crippen LogP) is 2.14. The summed E-state index contributed by atoms with van der Waals surface area (Å²) in [6.45, 7) is 4.07. The number of nitrogens with zero attached hydrogens (tertiary/aromatic N) is 5. The first-order valence-corrected chi connectivity index (χ1v) is 11.4. The Morgan fingerprint density at radius 3 is 2.79 bits per heavy atom. The molecule has 11 heteroatoms. The molecular formula is C22H23ClN8O2. The number of urea groups is 1. The van der Waals surface area contributed by atoms with Gasteiger partial charge in [-0.15, -0.1) is 0 Å². The molecule has 3 aliphatic heterocycles. The van der Waals surface area contributed by atoms with Crippen LogP contribution < -0.4 is 20.4 Å². The Bertz CT molecular complexity index is 1280. The highest BCUT2D eigenvalue weighted by atomic mass is 35.5. The van der Waals surface area contributed by atoms with Crippen molar-refractivity contribution in [3.05, 3.63) is 41.1 Å². The normalized spacial score (nSPS) is 21.9. The summed E-state index contributed by atoms with van der Waals surface area (Å²) in [5.41, 5.74) is 3.11. The lowest BCUT2D eigenvalue weighted by Gasteiger charge is -2.41. The van der Waals surface area contributed by atoms with Crippen LogP contribution in [0.4, 0.5) is 16.3 Å². The Labute approximate surface area is 194 Å². The van der Waals surface area contributed by atoms with Crippen LogP contribution in [0.1, 0.15) is 31.0 Å². The number of rotatable bonds is 2. The fourth-order valence-electron chi connectivity index (χ4n) is 5.29. The molecule has 0 bridgehead atoms. The second-order valence-electron chi connectivity index (χ2n) is 8.99. The first-order chi connectivity index (χ1) is 15.9. The molecule has 6 heterocycles. The van der Waals surface area contributed by atoms with Gasteiger partial charge in [-0.1, -0.05) is 11.6 Å². The van der Waals surface area contributed by atoms with Gasteiger partial charge in [0.25, 0.3) is 5.91 Å². The topological polar surface area (TPSA) is 119 Å². The number of pyridine rings is 1. The molecule has 1 atom stereocenters. The molecule has 6 rings (SSSR count). The summed E-state index contributed by atoms with van der Waals surface area (Å²) < 4.78 is 0. The number of hydrogen-bond donors (Lipinski definition) is 3. The highest BCUT2D eigenvalue weighted by Crippen LogP contribution is 2.37. The maximum absolute atomic E-state index is 12.3. The number of carbonyl (C=O) groups is 2. The van der Waals surface area contributed by atoms with Crippen LogP contribution in [-0.4, -0.2) is 56.5 Å². The molecule has 170 valence electrons. The monoisotopic (exact) mass is 466 g/mol. The minimum Gasteiger partial charge on any atom is -0.363 e. The summed E-state index contributed by atoms with van der Waals surface area (Å²) >= 11 is 6.33. The van der Waals surface area contributed by atoms with Crippen molar-refractivity contribution in [2.75, 3.05) is 22.9 Å². The van der Waals surface area contributed by atoms with Gasteiger partial charge in [0.15, 0.2) is 0 Å². The van der Waals surface area contributed by atoms with Crippen LogP contribution in [0.2, 0.25) is 5.15 Å². The van der Waals surface area contributed by atoms with Gasteiger partial charge >= 0.3 is 6.03 Å². The lowest BCUT2D eigenvalue weighted by atomic mass is 9.87. The Morgan fingerprint density at radius 2 is 2.03 bits per heavy atom. The van der Waals surface area contributed by atoms with Crippen molar-refractivity contribution in [3.63, 3.8) is 0 Å². The van der Waals surface area contributed by atoms with E-state index in [0.717, 1.165) is 40.2 Å². The molecule has 0 unspecified atom stereocenters. The SMILES string of the molecule is C[C@@H]1Cc2ncnc(N3CCC4(CC3)NC(=O)NC4=O)c2CN1c1cc(Cl)nc2[nH]ccc12. The minimum atomic E-state index is -0.811. The molecule has 2 saturated heterocycles. The molecule has 0 aromatic carbocycles. The molecule has 3 amide bonds. The number of carbonyl (C=O) groups excluding carboxylic acids is 2. The van der Waals surface area contributed by atoms with E-state index in [9.17, 15) is 9.59 Å². The van der Waals surface area contributed by atoms with E-state index in [-0.39, 0.29) is 11.9 Å². The minimum absolute atomic E-state index is 0.221. The summed E-state index contributed by atoms with van der Waals surface area (Å²) in [5.74, 6) is 0.656. The first-order valence-electron chi connectivity index (χ1n) is 11.0. The molecule has 2 fully saturated rings. The molecule has 3 aromatic rings. The van der Waals surface area contributed by atoms with Gasteiger partial charge in [-0.25, -0.2) is 19.7 Å². The number of nitrogens with one attached hydrogen (secondary N) is 3. The van der Waals surface area contributed by atoms with Gasteiger partial charge in [0.1, 0.15) is 28.5 Å². The van der Waals surface area contributed by atoms with Crippen LogP contribution in [0.3, 0.4) is 0 Å². The Balaban J connectivity index is 1.32. The Hall–Kier alpha value is -3.40. The standard InChI is InChI=1S/C22H23ClN8O2/c1-12-8-15-14(10-31(12)16-9-17(23)27-18-13(16)2-5-24-18)19(26-11-25-15)30-6-3-22(4-7-30)20(32)28-21(33)29-22/h2,5,9,11-12H,3-4,6-8,10H2,1H3,(H,24,27)(H2,28,29,32,33)/t12-/m1/s1. The van der Waals surface area contributed by atoms with Crippen molar-refractivity contribution in [2.45, 2.75) is 44.3 Å². The zero-order valence-corrected chi connectivity index (χ0v) is 18.8. The van der Waals surface area contributed by atoms with Crippen LogP contribution in [0, 0.1) is 0 Å². The van der Waals surface area contributed by atoms with Crippen LogP contribution in [0.15, 0.2) is 24.7 Å². The van der Waals surface area contributed by atoms with Gasteiger partial charge in [0.2, 0.25) is 0 Å². The second kappa shape index (κ2) is 7.31. The number of anilines is 2. The highest BCUT2D eigenvalue weighted by Gasteiger charge is 2.48. The second-order valence-corrected chi connectivity index (χ2v) is 9.37. The van der Waals surface area contributed by atoms with E-state index in [2.05, 4.69) is 47.3 Å². The molecule has 3 aliphatic rings. The number of aromatic amines is 1. The highest BCUT2D eigenvalue weighted by molar-refractivity contribution is 6.30. The molecule has 0 saturated carbocycles. The predicted molar refractivity (Wildman–Crippen MR) is 123 cm³/mol. The van der Waals surface area contributed by atoms with Crippen molar-refractivity contribution in [1.29, 1.82) is 0 Å². The number of fused-ring (bicyclic) bond motifs is 2. The maximum atomic E-state index is 12.3. The fourth-order valence-corrected chi connectivity index (χ4v) is 5.48. The van der Waals surface area contributed by atoms with Crippen molar-refractivity contribution in [2.24, 2.45) is 0 Å². The van der Waals surface area contributed by atoms with Gasteiger partial charge in [0, 0.05) is 49.2 Å². The van der Waals surface area contributed by atoms with E-state index in [4.69, 9.17) is 11.6 Å². The van der Waals surface area contributed by atoms with E-state index in [1.165, 1.54) is 0 Å². The summed E-state index contributed by atoms with van der Waals surface area (Å²) in [5, 5.41) is 6.66. The number of H-pyrrole nitrogens is 1. The Kier molecular flexibility index (Phi) is 4.48. The zero-order valence-electron chi connectivity index (χ0n) is 18.1. The molecule has 0 aliphatic carbocycles. The molecule has 10 nitrogen and oxygen atoms in total. The van der Waals surface area contributed by atoms with Gasteiger partial charge in [-0.3, -0.25) is 10.1 Å². The number of imide groups is 1. The summed E-state index contributed by atoms with van der Waals surface area (Å²) in [6, 6.07) is 3.74. The largest absolute Gasteiger partial charge is 0.363 e. The summed E-state index contributed by atoms with van der Waals surface area (Å²) in [7, 11) is 0. The molecule has 33 heavy (non-hydrogen) atoms. The van der Waals surface area contributed by atoms with Crippen molar-refractivity contribution < 1.29 is 9.59 Å². The number of aromatic nitrogens is 4. The lowest BCUT2D eigenvalue weighted by Crippen LogP contribution is -2.55. The van der Waals surface area contributed by atoms with E-state index >= 15 is 0 Å². The third kappa shape index (κ3) is 3.19. The van der Waals surface area contributed by atoms with Gasteiger partial charge in [-0.2, -0.15) is 0 Å². The average Bonchev–Trinajstić information content (AvgIpc) is 3.36. The van der Waals surface area contributed by atoms with E-state index < -0.39 is 11.6 Å². The van der Waals surface area contributed by atoms with Gasteiger partial charge in [0.05, 0.1) is 11.4 Å². The number of piperidine rings is 1. The number of hydrogen-bond acceptors (Lipinski definition) is 7. The van der Waals surface area contributed by atoms with E-state index in [1.807, 2.05) is 18.3 Å². The molecule has 3 aromatic heterocycles. The molecule has 0 radical (unpaired) electrons. The van der Waals surface area contributed by atoms with E-state index in [0.29, 0.717) is 37.6 Å². The first kappa shape index (κ1) is 20.2. The third-order valence-corrected chi connectivity index (χ3v) is 7.27. The van der Waals surface area contributed by atoms with E-state index in [1.54, 1.807) is 6.33 Å². The third-order valence-electron chi connectivity index (χ3n) is 7.08. The van der Waals surface area contributed by atoms with Crippen molar-refractivity contribution >= 4 is 46.1 Å². The quantitative estimate of drug-likeness (QED) is 0.391. The molecule has 1 spiro atoms. The van der Waals surface area contributed by atoms with Gasteiger partial charge < -0.3 is 20.1 Å². The van der Waals surface area contributed by atoms with Crippen molar-refractivity contribution in [3.8, 4) is 0 Å². The smallest absolute Gasteiger partial charge is 0.322 e. The number of amides is 3. The van der Waals surface area contributed by atoms with Crippen LogP contribution in [0.5, 0.6) is 0 Å². The maximum Gasteiger partial charge on any atom is 0.322 e. The summed E-state index contributed by atoms with van der Waals surface area (Å²) in [4.78, 5) is 45.3. The summed E-state index contributed by atoms with van der Waals surface area (Å²) in [6.07, 6.45) is 5.35. The zero-order chi connectivity index (χ0) is 22.7. The van der Waals surface area contributed by atoms with Gasteiger partial charge in [-0.05, 0) is 31.9 Å². The molecular weight excluding hydrogens is 444 g/mol. The Morgan fingerprint density at radius 1 is 1.21 bits per heavy atom. The molecule has 3 N–H and O–H groups in total. The number of halogens is 1. The van der Waals surface area contributed by atoms with Crippen LogP contribution >= 0.6 is 11.6 Å². The van der Waals surface area contributed by atoms with Crippen molar-refractivity contribution in [1.82, 2.24) is 30.6 Å². The van der Waals surface area contributed by atoms with Crippen LogP contribution in [0.25, 0.3) is 11.0 Å². The fraction of sp³-hybridized carbons (Fsp3) is 0.409. The average molecular weight is 467 g/mol. The van der Waals surface area contributed by atoms with Crippen LogP contribution in [-0.2, 0) is 17.8 Å². The lowest BCUT2D eigenvalue weighted by molar-refractivity contribution is -0.124.